The third-order valence-corrected chi connectivity index (χ3v) is 5.67. The Morgan fingerprint density at radius 3 is 2.70 bits per heavy atom. The monoisotopic (exact) mass is 470 g/mol. The molecule has 2 heterocycles. The van der Waals surface area contributed by atoms with Crippen molar-refractivity contribution in [3.05, 3.63) is 82.0 Å². The second-order valence-corrected chi connectivity index (χ2v) is 7.88. The summed E-state index contributed by atoms with van der Waals surface area (Å²) in [6.07, 6.45) is 2.96. The summed E-state index contributed by atoms with van der Waals surface area (Å²) in [4.78, 5) is 17.2. The minimum Gasteiger partial charge on any atom is -0.489 e. The smallest absolute Gasteiger partial charge is 0.338 e. The summed E-state index contributed by atoms with van der Waals surface area (Å²) in [5.41, 5.74) is 2.39. The maximum Gasteiger partial charge on any atom is 0.338 e. The van der Waals surface area contributed by atoms with Gasteiger partial charge in [0, 0.05) is 11.3 Å². The predicted octanol–water partition coefficient (Wildman–Crippen LogP) is 5.28. The average Bonchev–Trinajstić information content (AvgIpc) is 3.27. The first-order chi connectivity index (χ1) is 16.0. The predicted molar refractivity (Wildman–Crippen MR) is 123 cm³/mol. The summed E-state index contributed by atoms with van der Waals surface area (Å²) in [6, 6.07) is 11.3. The Morgan fingerprint density at radius 1 is 1.21 bits per heavy atom. The molecule has 0 spiro atoms. The molecule has 0 saturated heterocycles. The minimum atomic E-state index is -0.501. The zero-order chi connectivity index (χ0) is 23.4. The van der Waals surface area contributed by atoms with Crippen molar-refractivity contribution in [3.8, 4) is 5.75 Å². The molecule has 0 unspecified atom stereocenters. The Balaban J connectivity index is 1.64. The number of carbonyl (C=O) groups excluding carboxylic acids is 1. The SMILES string of the molecule is CCCC1=C(C(=O)OCC)[C@H](c2ccc(OCc3c(F)cccc3Cl)cc2)n2ncnc2N1. The van der Waals surface area contributed by atoms with Gasteiger partial charge in [-0.1, -0.05) is 43.1 Å². The van der Waals surface area contributed by atoms with E-state index in [1.54, 1.807) is 35.9 Å². The molecule has 1 aromatic heterocycles. The number of nitrogens with one attached hydrogen (secondary N) is 1. The van der Waals surface area contributed by atoms with Crippen LogP contribution < -0.4 is 10.1 Å². The fourth-order valence-corrected chi connectivity index (χ4v) is 4.01. The van der Waals surface area contributed by atoms with E-state index in [1.165, 1.54) is 12.4 Å². The number of esters is 1. The van der Waals surface area contributed by atoms with Gasteiger partial charge in [-0.25, -0.2) is 13.9 Å². The van der Waals surface area contributed by atoms with Gasteiger partial charge in [-0.15, -0.1) is 0 Å². The van der Waals surface area contributed by atoms with Crippen LogP contribution in [0.15, 0.2) is 60.1 Å². The normalized spacial score (nSPS) is 15.1. The number of halogens is 2. The second-order valence-electron chi connectivity index (χ2n) is 7.48. The Labute approximate surface area is 196 Å². The molecule has 0 saturated carbocycles. The van der Waals surface area contributed by atoms with Crippen LogP contribution in [-0.2, 0) is 16.1 Å². The van der Waals surface area contributed by atoms with Crippen LogP contribution in [0.1, 0.15) is 43.9 Å². The molecule has 33 heavy (non-hydrogen) atoms. The molecule has 3 aromatic rings. The van der Waals surface area contributed by atoms with Gasteiger partial charge in [-0.05, 0) is 43.2 Å². The molecule has 4 rings (SSSR count). The van der Waals surface area contributed by atoms with Gasteiger partial charge in [-0.3, -0.25) is 0 Å². The van der Waals surface area contributed by atoms with Crippen molar-refractivity contribution in [1.29, 1.82) is 0 Å². The molecule has 0 bridgehead atoms. The number of benzene rings is 2. The number of rotatable bonds is 8. The van der Waals surface area contributed by atoms with Gasteiger partial charge < -0.3 is 14.8 Å². The first kappa shape index (κ1) is 22.8. The molecule has 1 N–H and O–H groups in total. The van der Waals surface area contributed by atoms with E-state index in [1.807, 2.05) is 19.1 Å². The molecule has 1 aliphatic rings. The van der Waals surface area contributed by atoms with Crippen molar-refractivity contribution in [2.24, 2.45) is 0 Å². The van der Waals surface area contributed by atoms with Gasteiger partial charge in [0.05, 0.1) is 17.2 Å². The lowest BCUT2D eigenvalue weighted by molar-refractivity contribution is -0.139. The minimum absolute atomic E-state index is 0.0000526. The van der Waals surface area contributed by atoms with Crippen LogP contribution in [0, 0.1) is 5.82 Å². The van der Waals surface area contributed by atoms with Gasteiger partial charge in [-0.2, -0.15) is 10.1 Å². The lowest BCUT2D eigenvalue weighted by atomic mass is 9.94. The third kappa shape index (κ3) is 4.71. The number of fused-ring (bicyclic) bond motifs is 1. The quantitative estimate of drug-likeness (QED) is 0.451. The van der Waals surface area contributed by atoms with E-state index in [-0.39, 0.29) is 13.2 Å². The molecule has 1 atom stereocenters. The number of carbonyl (C=O) groups is 1. The summed E-state index contributed by atoms with van der Waals surface area (Å²) < 4.78 is 26.8. The lowest BCUT2D eigenvalue weighted by Gasteiger charge is -2.29. The van der Waals surface area contributed by atoms with Crippen LogP contribution in [0.25, 0.3) is 0 Å². The van der Waals surface area contributed by atoms with Gasteiger partial charge in [0.1, 0.15) is 30.5 Å². The second kappa shape index (κ2) is 10.0. The van der Waals surface area contributed by atoms with Crippen molar-refractivity contribution >= 4 is 23.5 Å². The van der Waals surface area contributed by atoms with Crippen LogP contribution in [-0.4, -0.2) is 27.3 Å². The van der Waals surface area contributed by atoms with E-state index in [9.17, 15) is 9.18 Å². The van der Waals surface area contributed by atoms with Crippen LogP contribution >= 0.6 is 11.6 Å². The molecule has 0 fully saturated rings. The Hall–Kier alpha value is -3.39. The van der Waals surface area contributed by atoms with Gasteiger partial charge in [0.25, 0.3) is 0 Å². The van der Waals surface area contributed by atoms with Crippen molar-refractivity contribution in [2.45, 2.75) is 39.3 Å². The molecular weight excluding hydrogens is 447 g/mol. The van der Waals surface area contributed by atoms with E-state index in [0.29, 0.717) is 34.3 Å². The van der Waals surface area contributed by atoms with E-state index >= 15 is 0 Å². The Bertz CT molecular complexity index is 1160. The maximum atomic E-state index is 14.0. The van der Waals surface area contributed by atoms with E-state index in [2.05, 4.69) is 15.4 Å². The third-order valence-electron chi connectivity index (χ3n) is 5.31. The van der Waals surface area contributed by atoms with Crippen molar-refractivity contribution < 1.29 is 18.7 Å². The summed E-state index contributed by atoms with van der Waals surface area (Å²) >= 11 is 6.08. The number of hydrogen-bond donors (Lipinski definition) is 1. The lowest BCUT2D eigenvalue weighted by Crippen LogP contribution is -2.30. The van der Waals surface area contributed by atoms with Crippen LogP contribution in [0.2, 0.25) is 5.02 Å². The molecule has 9 heteroatoms. The first-order valence-electron chi connectivity index (χ1n) is 10.8. The first-order valence-corrected chi connectivity index (χ1v) is 11.1. The number of nitrogens with zero attached hydrogens (tertiary/aromatic N) is 3. The van der Waals surface area contributed by atoms with E-state index in [4.69, 9.17) is 21.1 Å². The molecule has 2 aromatic carbocycles. The van der Waals surface area contributed by atoms with Gasteiger partial charge in [0.15, 0.2) is 0 Å². The number of allylic oxidation sites excluding steroid dienone is 1. The van der Waals surface area contributed by atoms with Crippen LogP contribution in [0.5, 0.6) is 5.75 Å². The van der Waals surface area contributed by atoms with Gasteiger partial charge in [0.2, 0.25) is 5.95 Å². The topological polar surface area (TPSA) is 78.3 Å². The molecule has 7 nitrogen and oxygen atoms in total. The van der Waals surface area contributed by atoms with Crippen molar-refractivity contribution in [2.75, 3.05) is 11.9 Å². The molecule has 0 radical (unpaired) electrons. The fraction of sp³-hybridized carbons (Fsp3) is 0.292. The summed E-state index contributed by atoms with van der Waals surface area (Å²) in [5, 5.41) is 7.87. The fourth-order valence-electron chi connectivity index (χ4n) is 3.79. The van der Waals surface area contributed by atoms with E-state index in [0.717, 1.165) is 17.7 Å². The van der Waals surface area contributed by atoms with Crippen LogP contribution in [0.4, 0.5) is 10.3 Å². The highest BCUT2D eigenvalue weighted by molar-refractivity contribution is 6.31. The van der Waals surface area contributed by atoms with Gasteiger partial charge >= 0.3 is 5.97 Å². The Kier molecular flexibility index (Phi) is 6.93. The number of ether oxygens (including phenoxy) is 2. The summed E-state index contributed by atoms with van der Waals surface area (Å²) in [5.74, 6) is 0.293. The number of aromatic nitrogens is 3. The van der Waals surface area contributed by atoms with Crippen LogP contribution in [0.3, 0.4) is 0 Å². The highest BCUT2D eigenvalue weighted by Crippen LogP contribution is 2.37. The highest BCUT2D eigenvalue weighted by atomic mass is 35.5. The zero-order valence-corrected chi connectivity index (χ0v) is 19.1. The zero-order valence-electron chi connectivity index (χ0n) is 18.3. The summed E-state index contributed by atoms with van der Waals surface area (Å²) in [7, 11) is 0. The molecule has 1 aliphatic heterocycles. The van der Waals surface area contributed by atoms with Crippen molar-refractivity contribution in [3.63, 3.8) is 0 Å². The summed E-state index contributed by atoms with van der Waals surface area (Å²) in [6.45, 7) is 4.09. The molecule has 0 aliphatic carbocycles. The molecular formula is C24H24ClFN4O3. The Morgan fingerprint density at radius 2 is 2.00 bits per heavy atom. The van der Waals surface area contributed by atoms with E-state index < -0.39 is 17.8 Å². The largest absolute Gasteiger partial charge is 0.489 e. The average molecular weight is 471 g/mol. The standard InChI is InChI=1S/C24H24ClFN4O3/c1-3-6-20-21(23(31)32-4-2)22(30-24(29-20)27-14-28-30)15-9-11-16(12-10-15)33-13-17-18(25)7-5-8-19(17)26/h5,7-12,14,22H,3-4,6,13H2,1-2H3,(H,27,28,29)/t22-/m0/s1. The highest BCUT2D eigenvalue weighted by Gasteiger charge is 2.35. The number of hydrogen-bond acceptors (Lipinski definition) is 6. The van der Waals surface area contributed by atoms with Crippen molar-refractivity contribution in [1.82, 2.24) is 14.8 Å². The molecule has 172 valence electrons. The molecule has 0 amide bonds. The maximum absolute atomic E-state index is 14.0. The number of anilines is 1.